The predicted octanol–water partition coefficient (Wildman–Crippen LogP) is 0.422. The van der Waals surface area contributed by atoms with Crippen molar-refractivity contribution in [2.24, 2.45) is 0 Å². The van der Waals surface area contributed by atoms with E-state index >= 15 is 0 Å². The summed E-state index contributed by atoms with van der Waals surface area (Å²) in [5, 5.41) is 7.35. The molecule has 2 aliphatic heterocycles. The van der Waals surface area contributed by atoms with Gasteiger partial charge in [0.05, 0.1) is 0 Å². The molecule has 0 radical (unpaired) electrons. The molecule has 2 atom stereocenters. The summed E-state index contributed by atoms with van der Waals surface area (Å²) < 4.78 is 0. The molecule has 2 N–H and O–H groups in total. The molecule has 0 amide bonds. The third-order valence-electron chi connectivity index (χ3n) is 3.48. The van der Waals surface area contributed by atoms with Crippen molar-refractivity contribution in [2.75, 3.05) is 33.2 Å². The molecule has 2 saturated heterocycles. The van der Waals surface area contributed by atoms with Crippen LogP contribution in [0, 0.1) is 0 Å². The van der Waals surface area contributed by atoms with Crippen molar-refractivity contribution in [3.05, 3.63) is 0 Å². The molecule has 0 aromatic carbocycles. The van der Waals surface area contributed by atoms with E-state index in [4.69, 9.17) is 0 Å². The summed E-state index contributed by atoms with van der Waals surface area (Å²) in [6.07, 6.45) is 4.05. The summed E-state index contributed by atoms with van der Waals surface area (Å²) in [6, 6.07) is 0.621. The highest BCUT2D eigenvalue weighted by molar-refractivity contribution is 4.99. The van der Waals surface area contributed by atoms with Gasteiger partial charge in [-0.2, -0.15) is 0 Å². The molecule has 0 aliphatic carbocycles. The van der Waals surface area contributed by atoms with Crippen molar-refractivity contribution in [3.8, 4) is 0 Å². The summed E-state index contributed by atoms with van der Waals surface area (Å²) in [6.45, 7) is 6.99. The number of hydrogen-bond donors (Lipinski definition) is 2. The Morgan fingerprint density at radius 2 is 2.21 bits per heavy atom. The molecule has 14 heavy (non-hydrogen) atoms. The monoisotopic (exact) mass is 197 g/mol. The molecular weight excluding hydrogens is 174 g/mol. The molecule has 2 fully saturated rings. The van der Waals surface area contributed by atoms with Crippen molar-refractivity contribution in [3.63, 3.8) is 0 Å². The smallest absolute Gasteiger partial charge is 0.0437 e. The topological polar surface area (TPSA) is 27.3 Å². The van der Waals surface area contributed by atoms with Gasteiger partial charge in [0.15, 0.2) is 0 Å². The first-order chi connectivity index (χ1) is 6.70. The highest BCUT2D eigenvalue weighted by atomic mass is 15.2. The summed E-state index contributed by atoms with van der Waals surface area (Å²) in [4.78, 5) is 2.47. The fourth-order valence-electron chi connectivity index (χ4n) is 2.93. The molecule has 1 spiro atoms. The van der Waals surface area contributed by atoms with E-state index in [0.717, 1.165) is 13.1 Å². The fourth-order valence-corrected chi connectivity index (χ4v) is 2.93. The van der Waals surface area contributed by atoms with Gasteiger partial charge < -0.3 is 15.5 Å². The summed E-state index contributed by atoms with van der Waals surface area (Å²) in [5.41, 5.74) is 0.350. The molecule has 0 aromatic heterocycles. The van der Waals surface area contributed by atoms with Crippen LogP contribution in [0.3, 0.4) is 0 Å². The second-order valence-corrected chi connectivity index (χ2v) is 5.15. The van der Waals surface area contributed by atoms with E-state index in [1.165, 1.54) is 32.4 Å². The average Bonchev–Trinajstić information content (AvgIpc) is 2.27. The van der Waals surface area contributed by atoms with Crippen molar-refractivity contribution in [2.45, 2.75) is 37.8 Å². The molecule has 3 heteroatoms. The molecular formula is C11H23N3. The van der Waals surface area contributed by atoms with Gasteiger partial charge in [0.2, 0.25) is 0 Å². The van der Waals surface area contributed by atoms with Gasteiger partial charge in [-0.15, -0.1) is 0 Å². The number of likely N-dealkylation sites (N-methyl/N-ethyl adjacent to an activating group) is 1. The Kier molecular flexibility index (Phi) is 3.10. The maximum Gasteiger partial charge on any atom is 0.0437 e. The number of nitrogens with zero attached hydrogens (tertiary/aromatic N) is 1. The normalized spacial score (nSPS) is 41.1. The lowest BCUT2D eigenvalue weighted by molar-refractivity contribution is 0.171. The summed E-state index contributed by atoms with van der Waals surface area (Å²) in [5.74, 6) is 0. The van der Waals surface area contributed by atoms with Gasteiger partial charge in [0.25, 0.3) is 0 Å². The van der Waals surface area contributed by atoms with Crippen LogP contribution in [-0.2, 0) is 0 Å². The van der Waals surface area contributed by atoms with Gasteiger partial charge in [-0.3, -0.25) is 0 Å². The molecule has 0 saturated carbocycles. The van der Waals surface area contributed by atoms with Crippen LogP contribution in [0.4, 0.5) is 0 Å². The predicted molar refractivity (Wildman–Crippen MR) is 59.5 cm³/mol. The minimum atomic E-state index is 0.350. The molecule has 0 aromatic rings. The second kappa shape index (κ2) is 4.17. The lowest BCUT2D eigenvalue weighted by atomic mass is 9.90. The number of piperazine rings is 1. The van der Waals surface area contributed by atoms with E-state index in [1.807, 2.05) is 0 Å². The molecule has 2 heterocycles. The Labute approximate surface area is 87.2 Å². The Hall–Kier alpha value is -0.120. The van der Waals surface area contributed by atoms with Crippen LogP contribution in [0.1, 0.15) is 26.2 Å². The van der Waals surface area contributed by atoms with E-state index < -0.39 is 0 Å². The average molecular weight is 197 g/mol. The minimum Gasteiger partial charge on any atom is -0.313 e. The molecule has 2 rings (SSSR count). The van der Waals surface area contributed by atoms with Crippen LogP contribution >= 0.6 is 0 Å². The third-order valence-corrected chi connectivity index (χ3v) is 3.48. The van der Waals surface area contributed by atoms with Crippen molar-refractivity contribution in [1.82, 2.24) is 15.5 Å². The van der Waals surface area contributed by atoms with Crippen LogP contribution in [0.25, 0.3) is 0 Å². The van der Waals surface area contributed by atoms with Crippen LogP contribution in [0.15, 0.2) is 0 Å². The molecule has 2 unspecified atom stereocenters. The van der Waals surface area contributed by atoms with E-state index in [9.17, 15) is 0 Å². The Morgan fingerprint density at radius 1 is 1.36 bits per heavy atom. The van der Waals surface area contributed by atoms with Gasteiger partial charge in [0.1, 0.15) is 0 Å². The van der Waals surface area contributed by atoms with E-state index in [2.05, 4.69) is 29.5 Å². The van der Waals surface area contributed by atoms with Gasteiger partial charge >= 0.3 is 0 Å². The van der Waals surface area contributed by atoms with Crippen LogP contribution < -0.4 is 10.6 Å². The molecule has 82 valence electrons. The van der Waals surface area contributed by atoms with E-state index in [0.29, 0.717) is 11.6 Å². The first-order valence-corrected chi connectivity index (χ1v) is 5.87. The van der Waals surface area contributed by atoms with E-state index in [1.54, 1.807) is 0 Å². The van der Waals surface area contributed by atoms with Gasteiger partial charge in [-0.05, 0) is 33.4 Å². The number of hydrogen-bond acceptors (Lipinski definition) is 3. The first-order valence-electron chi connectivity index (χ1n) is 5.87. The highest BCUT2D eigenvalue weighted by Gasteiger charge is 2.35. The third kappa shape index (κ3) is 2.27. The van der Waals surface area contributed by atoms with Crippen molar-refractivity contribution >= 4 is 0 Å². The van der Waals surface area contributed by atoms with Crippen LogP contribution in [-0.4, -0.2) is 49.7 Å². The minimum absolute atomic E-state index is 0.350. The Morgan fingerprint density at radius 3 is 3.00 bits per heavy atom. The number of likely N-dealkylation sites (tertiary alicyclic amines) is 1. The summed E-state index contributed by atoms with van der Waals surface area (Å²) in [7, 11) is 2.24. The zero-order chi connectivity index (χ0) is 10.0. The maximum atomic E-state index is 3.80. The number of rotatable bonds is 0. The quantitative estimate of drug-likeness (QED) is 0.589. The lowest BCUT2D eigenvalue weighted by Gasteiger charge is -2.43. The van der Waals surface area contributed by atoms with Gasteiger partial charge in [-0.25, -0.2) is 0 Å². The van der Waals surface area contributed by atoms with Crippen LogP contribution in [0.2, 0.25) is 0 Å². The zero-order valence-electron chi connectivity index (χ0n) is 9.47. The highest BCUT2D eigenvalue weighted by Crippen LogP contribution is 2.22. The van der Waals surface area contributed by atoms with Gasteiger partial charge in [-0.1, -0.05) is 6.42 Å². The second-order valence-electron chi connectivity index (χ2n) is 5.15. The number of nitrogens with one attached hydrogen (secondary N) is 2. The van der Waals surface area contributed by atoms with Gasteiger partial charge in [0, 0.05) is 31.2 Å². The molecule has 2 aliphatic rings. The fraction of sp³-hybridized carbons (Fsp3) is 1.00. The largest absolute Gasteiger partial charge is 0.313 e. The van der Waals surface area contributed by atoms with Crippen molar-refractivity contribution < 1.29 is 0 Å². The molecule has 0 bridgehead atoms. The van der Waals surface area contributed by atoms with Crippen LogP contribution in [0.5, 0.6) is 0 Å². The first kappa shape index (κ1) is 10.4. The van der Waals surface area contributed by atoms with Crippen molar-refractivity contribution in [1.29, 1.82) is 0 Å². The zero-order valence-corrected chi connectivity index (χ0v) is 9.47. The Bertz CT molecular complexity index is 195. The molecule has 3 nitrogen and oxygen atoms in total. The Balaban J connectivity index is 2.03. The lowest BCUT2D eigenvalue weighted by Crippen LogP contribution is -2.66. The SMILES string of the molecule is CC1CNCC2(CCCCN(C)C2)N1. The standard InChI is InChI=1S/C11H23N3/c1-10-7-12-8-11(13-10)5-3-4-6-14(2)9-11/h10,12-13H,3-9H2,1-2H3. The summed E-state index contributed by atoms with van der Waals surface area (Å²) >= 11 is 0. The van der Waals surface area contributed by atoms with E-state index in [-0.39, 0.29) is 0 Å². The maximum absolute atomic E-state index is 3.80.